The lowest BCUT2D eigenvalue weighted by molar-refractivity contribution is -0.126. The Balaban J connectivity index is 1.20. The van der Waals surface area contributed by atoms with Gasteiger partial charge in [0.05, 0.1) is 24.4 Å². The molecule has 4 aromatic rings. The first-order valence-electron chi connectivity index (χ1n) is 12.9. The number of nitrogens with zero attached hydrogens (tertiary/aromatic N) is 7. The first-order valence-corrected chi connectivity index (χ1v) is 13.3. The van der Waals surface area contributed by atoms with Crippen molar-refractivity contribution < 1.29 is 14.1 Å². The SMILES string of the molecule is COc1nc2c(c(N3CCN(C(=O)/C=C/c4nc(C)no4)CC3)n1)CCN(c1cccc3cccc(Cl)c13)C2. The summed E-state index contributed by atoms with van der Waals surface area (Å²) in [5, 5.41) is 6.64. The Kier molecular flexibility index (Phi) is 6.78. The van der Waals surface area contributed by atoms with E-state index in [2.05, 4.69) is 44.2 Å². The second-order valence-corrected chi connectivity index (χ2v) is 9.98. The normalized spacial score (nSPS) is 15.7. The predicted molar refractivity (Wildman–Crippen MR) is 149 cm³/mol. The molecule has 200 valence electrons. The second-order valence-electron chi connectivity index (χ2n) is 9.57. The van der Waals surface area contributed by atoms with Crippen molar-refractivity contribution >= 4 is 45.9 Å². The molecule has 0 saturated carbocycles. The number of fused-ring (bicyclic) bond motifs is 2. The highest BCUT2D eigenvalue weighted by Crippen LogP contribution is 2.37. The van der Waals surface area contributed by atoms with Crippen molar-refractivity contribution in [1.82, 2.24) is 25.0 Å². The highest BCUT2D eigenvalue weighted by atomic mass is 35.5. The smallest absolute Gasteiger partial charge is 0.318 e. The number of rotatable bonds is 5. The number of ether oxygens (including phenoxy) is 1. The largest absolute Gasteiger partial charge is 0.467 e. The highest BCUT2D eigenvalue weighted by Gasteiger charge is 2.29. The van der Waals surface area contributed by atoms with Crippen molar-refractivity contribution in [3.63, 3.8) is 0 Å². The summed E-state index contributed by atoms with van der Waals surface area (Å²) in [7, 11) is 1.59. The van der Waals surface area contributed by atoms with Crippen molar-refractivity contribution in [3.8, 4) is 6.01 Å². The highest BCUT2D eigenvalue weighted by molar-refractivity contribution is 6.36. The third-order valence-electron chi connectivity index (χ3n) is 7.18. The van der Waals surface area contributed by atoms with Crippen LogP contribution in [-0.2, 0) is 17.8 Å². The van der Waals surface area contributed by atoms with Gasteiger partial charge in [-0.2, -0.15) is 15.0 Å². The fraction of sp³-hybridized carbons (Fsp3) is 0.321. The molecule has 4 heterocycles. The van der Waals surface area contributed by atoms with Gasteiger partial charge in [-0.25, -0.2) is 0 Å². The standard InChI is InChI=1S/C28H28ClN7O3/c1-18-30-24(39-33-18)9-10-25(37)34-13-15-35(16-14-34)27-20-11-12-36(17-22(20)31-28(32-27)38-2)23-8-4-6-19-5-3-7-21(29)26(19)23/h3-10H,11-17H2,1-2H3/b10-9+. The maximum absolute atomic E-state index is 12.7. The molecule has 11 heteroatoms. The van der Waals surface area contributed by atoms with Gasteiger partial charge in [0.25, 0.3) is 5.89 Å². The Morgan fingerprint density at radius 1 is 1.03 bits per heavy atom. The molecule has 39 heavy (non-hydrogen) atoms. The third-order valence-corrected chi connectivity index (χ3v) is 7.50. The number of hydrogen-bond donors (Lipinski definition) is 0. The van der Waals surface area contributed by atoms with Crippen LogP contribution in [0.4, 0.5) is 11.5 Å². The molecule has 2 aliphatic heterocycles. The quantitative estimate of drug-likeness (QED) is 0.345. The molecule has 2 aromatic heterocycles. The first-order chi connectivity index (χ1) is 19.0. The number of carbonyl (C=O) groups excluding carboxylic acids is 1. The Bertz CT molecular complexity index is 1560. The van der Waals surface area contributed by atoms with Crippen LogP contribution in [0.25, 0.3) is 16.8 Å². The van der Waals surface area contributed by atoms with Gasteiger partial charge >= 0.3 is 6.01 Å². The summed E-state index contributed by atoms with van der Waals surface area (Å²) >= 11 is 6.62. The van der Waals surface area contributed by atoms with E-state index in [1.165, 1.54) is 6.08 Å². The molecule has 0 radical (unpaired) electrons. The molecular weight excluding hydrogens is 518 g/mol. The molecule has 0 unspecified atom stereocenters. The number of aromatic nitrogens is 4. The fourth-order valence-corrected chi connectivity index (χ4v) is 5.53. The van der Waals surface area contributed by atoms with Gasteiger partial charge in [-0.1, -0.05) is 41.0 Å². The molecule has 2 aliphatic rings. The van der Waals surface area contributed by atoms with E-state index in [0.717, 1.165) is 51.5 Å². The van der Waals surface area contributed by atoms with Crippen molar-refractivity contribution in [2.45, 2.75) is 19.9 Å². The van der Waals surface area contributed by atoms with Crippen LogP contribution >= 0.6 is 11.6 Å². The van der Waals surface area contributed by atoms with Gasteiger partial charge in [-0.3, -0.25) is 4.79 Å². The van der Waals surface area contributed by atoms with Crippen molar-refractivity contribution in [3.05, 3.63) is 70.5 Å². The van der Waals surface area contributed by atoms with Gasteiger partial charge < -0.3 is 24.0 Å². The number of carbonyl (C=O) groups is 1. The van der Waals surface area contributed by atoms with Gasteiger partial charge in [-0.15, -0.1) is 0 Å². The minimum Gasteiger partial charge on any atom is -0.467 e. The monoisotopic (exact) mass is 545 g/mol. The van der Waals surface area contributed by atoms with Gasteiger partial charge in [0.15, 0.2) is 5.82 Å². The minimum atomic E-state index is -0.0859. The van der Waals surface area contributed by atoms with E-state index in [1.807, 2.05) is 17.0 Å². The van der Waals surface area contributed by atoms with Crippen LogP contribution in [0.5, 0.6) is 6.01 Å². The zero-order valence-electron chi connectivity index (χ0n) is 21.8. The maximum Gasteiger partial charge on any atom is 0.318 e. The Labute approximate surface area is 230 Å². The summed E-state index contributed by atoms with van der Waals surface area (Å²) in [6.07, 6.45) is 3.82. The first kappa shape index (κ1) is 25.1. The number of benzene rings is 2. The lowest BCUT2D eigenvalue weighted by Gasteiger charge is -2.38. The average molecular weight is 546 g/mol. The van der Waals surface area contributed by atoms with Crippen LogP contribution in [0, 0.1) is 6.92 Å². The summed E-state index contributed by atoms with van der Waals surface area (Å²) < 4.78 is 10.5. The summed E-state index contributed by atoms with van der Waals surface area (Å²) in [6.45, 7) is 5.66. The molecule has 0 spiro atoms. The van der Waals surface area contributed by atoms with E-state index in [-0.39, 0.29) is 5.91 Å². The van der Waals surface area contributed by atoms with Gasteiger partial charge in [0, 0.05) is 61.5 Å². The third kappa shape index (κ3) is 4.99. The molecule has 10 nitrogen and oxygen atoms in total. The van der Waals surface area contributed by atoms with E-state index in [9.17, 15) is 4.79 Å². The van der Waals surface area contributed by atoms with Gasteiger partial charge in [0.2, 0.25) is 5.91 Å². The molecule has 6 rings (SSSR count). The lowest BCUT2D eigenvalue weighted by atomic mass is 10.0. The van der Waals surface area contributed by atoms with Crippen LogP contribution in [0.1, 0.15) is 23.0 Å². The minimum absolute atomic E-state index is 0.0859. The fourth-order valence-electron chi connectivity index (χ4n) is 5.25. The van der Waals surface area contributed by atoms with Crippen molar-refractivity contribution in [1.29, 1.82) is 0 Å². The van der Waals surface area contributed by atoms with E-state index in [0.29, 0.717) is 50.4 Å². The predicted octanol–water partition coefficient (Wildman–Crippen LogP) is 3.91. The number of halogens is 1. The van der Waals surface area contributed by atoms with Crippen LogP contribution in [0.15, 0.2) is 47.0 Å². The van der Waals surface area contributed by atoms with Crippen LogP contribution in [0.3, 0.4) is 0 Å². The van der Waals surface area contributed by atoms with E-state index >= 15 is 0 Å². The van der Waals surface area contributed by atoms with E-state index < -0.39 is 0 Å². The Morgan fingerprint density at radius 2 is 1.82 bits per heavy atom. The summed E-state index contributed by atoms with van der Waals surface area (Å²) in [5.74, 6) is 1.65. The number of methoxy groups -OCH3 is 1. The number of aryl methyl sites for hydroxylation is 1. The maximum atomic E-state index is 12.7. The van der Waals surface area contributed by atoms with Crippen LogP contribution in [0.2, 0.25) is 5.02 Å². The number of anilines is 2. The topological polar surface area (TPSA) is 101 Å². The zero-order valence-corrected chi connectivity index (χ0v) is 22.6. The molecule has 0 bridgehead atoms. The number of amides is 1. The van der Waals surface area contributed by atoms with Gasteiger partial charge in [0.1, 0.15) is 5.82 Å². The second kappa shape index (κ2) is 10.5. The van der Waals surface area contributed by atoms with Gasteiger partial charge in [-0.05, 0) is 30.9 Å². The molecule has 1 fully saturated rings. The number of piperazine rings is 1. The Morgan fingerprint density at radius 3 is 2.56 bits per heavy atom. The molecule has 0 N–H and O–H groups in total. The molecule has 0 aliphatic carbocycles. The summed E-state index contributed by atoms with van der Waals surface area (Å²) in [6, 6.07) is 12.6. The molecule has 2 aromatic carbocycles. The van der Waals surface area contributed by atoms with E-state index in [4.69, 9.17) is 30.8 Å². The molecule has 1 amide bonds. The van der Waals surface area contributed by atoms with Crippen molar-refractivity contribution in [2.24, 2.45) is 0 Å². The van der Waals surface area contributed by atoms with E-state index in [1.54, 1.807) is 20.1 Å². The summed E-state index contributed by atoms with van der Waals surface area (Å²) in [4.78, 5) is 32.7. The number of hydrogen-bond acceptors (Lipinski definition) is 9. The van der Waals surface area contributed by atoms with Crippen LogP contribution in [-0.4, -0.2) is 70.7 Å². The van der Waals surface area contributed by atoms with Crippen LogP contribution < -0.4 is 14.5 Å². The Hall–Kier alpha value is -4.18. The molecule has 0 atom stereocenters. The van der Waals surface area contributed by atoms with Crippen molar-refractivity contribution in [2.75, 3.05) is 49.6 Å². The lowest BCUT2D eigenvalue weighted by Crippen LogP contribution is -2.49. The molecule has 1 saturated heterocycles. The summed E-state index contributed by atoms with van der Waals surface area (Å²) in [5.41, 5.74) is 3.17. The average Bonchev–Trinajstić information content (AvgIpc) is 3.39. The zero-order chi connectivity index (χ0) is 26.9. The molecular formula is C28H28ClN7O3.